The van der Waals surface area contributed by atoms with Crippen molar-refractivity contribution in [1.29, 1.82) is 0 Å². The Labute approximate surface area is 265 Å². The first-order valence-corrected chi connectivity index (χ1v) is 16.9. The minimum atomic E-state index is -0.475. The Bertz CT molecular complexity index is 1350. The van der Waals surface area contributed by atoms with Crippen LogP contribution in [0.1, 0.15) is 97.5 Å². The molecule has 0 aromatic heterocycles. The lowest BCUT2D eigenvalue weighted by Crippen LogP contribution is -2.53. The first-order valence-electron chi connectivity index (χ1n) is 15.8. The lowest BCUT2D eigenvalue weighted by molar-refractivity contribution is -0.171. The molecule has 4 atom stereocenters. The number of fused-ring (bicyclic) bond motifs is 2. The van der Waals surface area contributed by atoms with Crippen LogP contribution < -0.4 is 9.47 Å². The Morgan fingerprint density at radius 1 is 0.930 bits per heavy atom. The van der Waals surface area contributed by atoms with Gasteiger partial charge in [-0.2, -0.15) is 0 Å². The molecule has 43 heavy (non-hydrogen) atoms. The molecule has 1 unspecified atom stereocenters. The average molecular weight is 656 g/mol. The molecule has 0 aliphatic heterocycles. The van der Waals surface area contributed by atoms with E-state index in [-0.39, 0.29) is 17.3 Å². The summed E-state index contributed by atoms with van der Waals surface area (Å²) in [4.78, 5) is 37.1. The predicted octanol–water partition coefficient (Wildman–Crippen LogP) is 8.90. The number of aryl methyl sites for hydroxylation is 1. The highest BCUT2D eigenvalue weighted by atomic mass is 79.9. The van der Waals surface area contributed by atoms with Gasteiger partial charge in [-0.15, -0.1) is 0 Å². The molecule has 2 aliphatic carbocycles. The van der Waals surface area contributed by atoms with Crippen LogP contribution >= 0.6 is 15.9 Å². The summed E-state index contributed by atoms with van der Waals surface area (Å²) in [6.07, 6.45) is 10.9. The van der Waals surface area contributed by atoms with Crippen LogP contribution in [0, 0.1) is 22.7 Å². The first kappa shape index (κ1) is 33.2. The van der Waals surface area contributed by atoms with Crippen LogP contribution in [0.5, 0.6) is 11.5 Å². The average Bonchev–Trinajstić information content (AvgIpc) is 2.95. The van der Waals surface area contributed by atoms with Gasteiger partial charge in [0.2, 0.25) is 0 Å². The molecule has 0 N–H and O–H groups in total. The normalized spacial score (nSPS) is 25.2. The molecule has 2 aromatic rings. The second-order valence-corrected chi connectivity index (χ2v) is 13.8. The smallest absolute Gasteiger partial charge is 0.312 e. The Morgan fingerprint density at radius 3 is 2.28 bits per heavy atom. The van der Waals surface area contributed by atoms with Crippen LogP contribution in [0.4, 0.5) is 0 Å². The molecule has 2 fully saturated rings. The van der Waals surface area contributed by atoms with Gasteiger partial charge in [-0.1, -0.05) is 66.4 Å². The van der Waals surface area contributed by atoms with Crippen molar-refractivity contribution in [3.8, 4) is 11.5 Å². The van der Waals surface area contributed by atoms with Gasteiger partial charge < -0.3 is 14.2 Å². The van der Waals surface area contributed by atoms with Crippen molar-refractivity contribution in [2.45, 2.75) is 98.3 Å². The zero-order valence-electron chi connectivity index (χ0n) is 26.3. The molecule has 2 saturated carbocycles. The fourth-order valence-electron chi connectivity index (χ4n) is 7.90. The van der Waals surface area contributed by atoms with E-state index in [0.29, 0.717) is 24.0 Å². The summed E-state index contributed by atoms with van der Waals surface area (Å²) in [6, 6.07) is 9.35. The Balaban J connectivity index is 1.52. The van der Waals surface area contributed by atoms with Gasteiger partial charge in [-0.25, -0.2) is 0 Å². The number of unbranched alkanes of at least 4 members (excludes halogenated alkanes) is 3. The van der Waals surface area contributed by atoms with Gasteiger partial charge in [-0.05, 0) is 99.3 Å². The molecular weight excluding hydrogens is 608 g/mol. The standard InChI is InChI=1S/C36H47BrO6/c1-24-11-18-33-35(4,19-10-20-36(33,5)34(40)41-22-9-7-6-8-21-37)30(24)15-13-27-12-14-28-29(23-27)32(43-26(3)39)17-16-31(28)42-25(2)38/h12,14,16-17,23,30,33H,1,6-11,13,15,18-22H2,2-5H3/t30-,33?,35+,36-/m0/s1. The van der Waals surface area contributed by atoms with Gasteiger partial charge >= 0.3 is 17.9 Å². The number of alkyl halides is 1. The number of carbonyl (C=O) groups is 3. The summed E-state index contributed by atoms with van der Waals surface area (Å²) in [5, 5.41) is 2.47. The largest absolute Gasteiger partial charge is 0.465 e. The quantitative estimate of drug-likeness (QED) is 0.0747. The Hall–Kier alpha value is -2.67. The highest BCUT2D eigenvalue weighted by Gasteiger charge is 2.57. The summed E-state index contributed by atoms with van der Waals surface area (Å²) in [6.45, 7) is 12.3. The van der Waals surface area contributed by atoms with Gasteiger partial charge in [0.05, 0.1) is 12.0 Å². The highest BCUT2D eigenvalue weighted by Crippen LogP contribution is 2.62. The maximum absolute atomic E-state index is 13.6. The van der Waals surface area contributed by atoms with E-state index >= 15 is 0 Å². The number of benzene rings is 2. The lowest BCUT2D eigenvalue weighted by atomic mass is 9.46. The lowest BCUT2D eigenvalue weighted by Gasteiger charge is -2.57. The third-order valence-electron chi connectivity index (χ3n) is 9.98. The van der Waals surface area contributed by atoms with Gasteiger partial charge in [-0.3, -0.25) is 14.4 Å². The molecule has 0 bridgehead atoms. The molecular formula is C36H47BrO6. The number of hydrogen-bond acceptors (Lipinski definition) is 6. The molecule has 0 radical (unpaired) electrons. The maximum Gasteiger partial charge on any atom is 0.312 e. The van der Waals surface area contributed by atoms with Gasteiger partial charge in [0.15, 0.2) is 0 Å². The topological polar surface area (TPSA) is 78.9 Å². The van der Waals surface area contributed by atoms with Crippen molar-refractivity contribution in [1.82, 2.24) is 0 Å². The van der Waals surface area contributed by atoms with E-state index in [1.54, 1.807) is 12.1 Å². The molecule has 2 aromatic carbocycles. The number of allylic oxidation sites excluding steroid dienone is 1. The van der Waals surface area contributed by atoms with Crippen LogP contribution in [-0.4, -0.2) is 29.8 Å². The molecule has 234 valence electrons. The zero-order chi connectivity index (χ0) is 31.2. The first-order chi connectivity index (χ1) is 20.5. The number of hydrogen-bond donors (Lipinski definition) is 0. The Morgan fingerprint density at radius 2 is 1.60 bits per heavy atom. The monoisotopic (exact) mass is 654 g/mol. The van der Waals surface area contributed by atoms with E-state index in [4.69, 9.17) is 14.2 Å². The molecule has 0 heterocycles. The van der Waals surface area contributed by atoms with E-state index < -0.39 is 17.4 Å². The van der Waals surface area contributed by atoms with Crippen LogP contribution in [0.2, 0.25) is 0 Å². The van der Waals surface area contributed by atoms with Crippen molar-refractivity contribution in [3.63, 3.8) is 0 Å². The van der Waals surface area contributed by atoms with Crippen molar-refractivity contribution in [3.05, 3.63) is 48.0 Å². The molecule has 4 rings (SSSR count). The van der Waals surface area contributed by atoms with Gasteiger partial charge in [0.25, 0.3) is 0 Å². The number of halogens is 1. The molecule has 0 spiro atoms. The van der Waals surface area contributed by atoms with Crippen molar-refractivity contribution in [2.75, 3.05) is 11.9 Å². The van der Waals surface area contributed by atoms with Crippen LogP contribution in [0.15, 0.2) is 42.5 Å². The number of rotatable bonds is 12. The summed E-state index contributed by atoms with van der Waals surface area (Å²) >= 11 is 3.48. The van der Waals surface area contributed by atoms with Gasteiger partial charge in [0, 0.05) is 30.0 Å². The maximum atomic E-state index is 13.6. The number of carbonyl (C=O) groups excluding carboxylic acids is 3. The van der Waals surface area contributed by atoms with E-state index in [1.165, 1.54) is 19.4 Å². The third kappa shape index (κ3) is 7.53. The highest BCUT2D eigenvalue weighted by molar-refractivity contribution is 9.09. The second-order valence-electron chi connectivity index (χ2n) is 13.0. The van der Waals surface area contributed by atoms with Crippen molar-refractivity contribution >= 4 is 44.6 Å². The van der Waals surface area contributed by atoms with Crippen molar-refractivity contribution < 1.29 is 28.6 Å². The van der Waals surface area contributed by atoms with E-state index in [9.17, 15) is 14.4 Å². The predicted molar refractivity (Wildman–Crippen MR) is 174 cm³/mol. The molecule has 2 aliphatic rings. The summed E-state index contributed by atoms with van der Waals surface area (Å²) < 4.78 is 16.8. The number of esters is 3. The Kier molecular flexibility index (Phi) is 11.1. The third-order valence-corrected chi connectivity index (χ3v) is 10.5. The molecule has 0 saturated heterocycles. The minimum Gasteiger partial charge on any atom is -0.465 e. The number of ether oxygens (including phenoxy) is 3. The summed E-state index contributed by atoms with van der Waals surface area (Å²) in [5.41, 5.74) is 1.88. The van der Waals surface area contributed by atoms with E-state index in [1.807, 2.05) is 12.1 Å². The van der Waals surface area contributed by atoms with E-state index in [0.717, 1.165) is 92.3 Å². The summed E-state index contributed by atoms with van der Waals surface area (Å²) in [7, 11) is 0. The zero-order valence-corrected chi connectivity index (χ0v) is 27.9. The van der Waals surface area contributed by atoms with E-state index in [2.05, 4.69) is 42.4 Å². The SMILES string of the molecule is C=C1CCC2[C@](C)(CCC[C@]2(C)C(=O)OCCCCCCBr)[C@H]1CCc1ccc2c(OC(C)=O)ccc(OC(C)=O)c2c1. The van der Waals surface area contributed by atoms with Crippen molar-refractivity contribution in [2.24, 2.45) is 22.7 Å². The minimum absolute atomic E-state index is 0.0220. The van der Waals surface area contributed by atoms with Crippen LogP contribution in [-0.2, 0) is 25.5 Å². The van der Waals surface area contributed by atoms with Crippen LogP contribution in [0.25, 0.3) is 10.8 Å². The molecule has 6 nitrogen and oxygen atoms in total. The second kappa shape index (κ2) is 14.4. The fourth-order valence-corrected chi connectivity index (χ4v) is 8.30. The molecule has 0 amide bonds. The fraction of sp³-hybridized carbons (Fsp3) is 0.583. The molecule has 7 heteroatoms. The van der Waals surface area contributed by atoms with Gasteiger partial charge in [0.1, 0.15) is 11.5 Å². The van der Waals surface area contributed by atoms with Crippen LogP contribution in [0.3, 0.4) is 0 Å². The summed E-state index contributed by atoms with van der Waals surface area (Å²) in [5.74, 6) is 0.594.